The van der Waals surface area contributed by atoms with E-state index in [-0.39, 0.29) is 24.8 Å². The second-order valence-electron chi connectivity index (χ2n) is 11.5. The Hall–Kier alpha value is -2.50. The predicted molar refractivity (Wildman–Crippen MR) is 196 cm³/mol. The Labute approximate surface area is 342 Å². The molecule has 0 spiro atoms. The maximum Gasteiger partial charge on any atom is -0.109 e. The first kappa shape index (κ1) is 45.5. The van der Waals surface area contributed by atoms with Gasteiger partial charge in [-0.2, -0.15) is 36.4 Å². The summed E-state index contributed by atoms with van der Waals surface area (Å²) in [5, 5.41) is 0. The minimum Gasteiger partial charge on any atom is -1.00 e. The molecule has 4 aliphatic rings. The molecule has 0 aliphatic heterocycles. The van der Waals surface area contributed by atoms with Crippen LogP contribution in [-0.4, -0.2) is 20.7 Å². The molecule has 0 aromatic heterocycles. The van der Waals surface area contributed by atoms with Gasteiger partial charge in [-0.25, -0.2) is 24.3 Å². The van der Waals surface area contributed by atoms with Gasteiger partial charge >= 0.3 is 82.0 Å². The molecule has 256 valence electrons. The predicted octanol–water partition coefficient (Wildman–Crippen LogP) is 4.24. The Bertz CT molecular complexity index is 1630. The molecule has 8 rings (SSSR count). The molecule has 0 atom stereocenters. The summed E-state index contributed by atoms with van der Waals surface area (Å²) in [5.74, 6) is 1.90. The van der Waals surface area contributed by atoms with Gasteiger partial charge in [0.1, 0.15) is 0 Å². The summed E-state index contributed by atoms with van der Waals surface area (Å²) < 4.78 is 13.9. The fraction of sp³-hybridized carbons (Fsp3) is 0.227. The summed E-state index contributed by atoms with van der Waals surface area (Å²) in [4.78, 5) is 0. The first-order chi connectivity index (χ1) is 23.3. The number of hydrogen-bond donors (Lipinski definition) is 0. The van der Waals surface area contributed by atoms with Crippen molar-refractivity contribution in [1.29, 1.82) is 0 Å². The topological polar surface area (TPSA) is 18.5 Å². The monoisotopic (exact) mass is 1030 g/mol. The van der Waals surface area contributed by atoms with Gasteiger partial charge < -0.3 is 34.3 Å². The summed E-state index contributed by atoms with van der Waals surface area (Å²) in [5.41, 5.74) is 10.3. The number of halogens is 2. The molecule has 0 unspecified atom stereocenters. The van der Waals surface area contributed by atoms with Crippen LogP contribution in [0.5, 0.6) is 11.5 Å². The van der Waals surface area contributed by atoms with Crippen LogP contribution in [0, 0.1) is 24.3 Å². The smallest absolute Gasteiger partial charge is 0.109 e. The number of benzene rings is 4. The zero-order chi connectivity index (χ0) is 34.7. The molecule has 0 heterocycles. The molecule has 0 radical (unpaired) electrons. The van der Waals surface area contributed by atoms with Gasteiger partial charge in [0.25, 0.3) is 0 Å². The van der Waals surface area contributed by atoms with E-state index < -0.39 is 0 Å². The molecule has 50 heavy (non-hydrogen) atoms. The van der Waals surface area contributed by atoms with E-state index in [1.54, 1.807) is 20.7 Å². The maximum atomic E-state index is 5.39. The van der Waals surface area contributed by atoms with Crippen LogP contribution in [0.25, 0.3) is 22.3 Å². The van der Waals surface area contributed by atoms with Gasteiger partial charge in [-0.05, 0) is 24.0 Å². The van der Waals surface area contributed by atoms with Gasteiger partial charge in [0.2, 0.25) is 0 Å². The van der Waals surface area contributed by atoms with E-state index >= 15 is 0 Å². The van der Waals surface area contributed by atoms with E-state index in [0.29, 0.717) is 0 Å². The molecule has 0 N–H and O–H groups in total. The number of allylic oxidation sites excluding steroid dienone is 8. The molecule has 0 bridgehead atoms. The minimum absolute atomic E-state index is 0. The van der Waals surface area contributed by atoms with Crippen LogP contribution in [0.2, 0.25) is 0 Å². The van der Waals surface area contributed by atoms with Crippen molar-refractivity contribution >= 4 is 6.51 Å². The molecule has 6 heteroatoms. The van der Waals surface area contributed by atoms with E-state index in [0.717, 1.165) is 37.2 Å². The Morgan fingerprint density at radius 2 is 0.940 bits per heavy atom. The van der Waals surface area contributed by atoms with Gasteiger partial charge in [0.05, 0.1) is 14.2 Å². The Balaban J connectivity index is 0.000000331. The normalized spacial score (nSPS) is 11.9. The van der Waals surface area contributed by atoms with Crippen molar-refractivity contribution < 1.29 is 82.1 Å². The third-order valence-electron chi connectivity index (χ3n) is 7.00. The third kappa shape index (κ3) is 15.0. The zero-order valence-electron chi connectivity index (χ0n) is 29.8. The summed E-state index contributed by atoms with van der Waals surface area (Å²) in [6.45, 7) is 8.58. The van der Waals surface area contributed by atoms with Crippen LogP contribution in [0.15, 0.2) is 109 Å². The Morgan fingerprint density at radius 1 is 0.580 bits per heavy atom. The van der Waals surface area contributed by atoms with Crippen LogP contribution in [-0.2, 0) is 60.6 Å². The second kappa shape index (κ2) is 25.5. The second-order valence-corrected chi connectivity index (χ2v) is 18.7. The van der Waals surface area contributed by atoms with Crippen molar-refractivity contribution in [2.45, 2.75) is 53.4 Å². The van der Waals surface area contributed by atoms with Crippen molar-refractivity contribution in [3.63, 3.8) is 0 Å². The largest absolute Gasteiger partial charge is 1.00 e. The van der Waals surface area contributed by atoms with E-state index in [2.05, 4.69) is 113 Å². The van der Waals surface area contributed by atoms with Gasteiger partial charge in [-0.1, -0.05) is 70.8 Å². The standard InChI is InChI=1S/2C14H11O.2C5H5.2C3H6.2ClH.2Hf/c2*1-15-13-8-4-6-11-9-10-5-2-3-7-12(10)14(11)13;2*1-2-4-5-3-1;2*1-3-2;;;;/h2*2-5,7-8H,9H2,1H3;2*1-3H,4H2;2*1-2H3;2*1H;;/q4*-1;;;;;2*+2/p-2. The van der Waals surface area contributed by atoms with Crippen molar-refractivity contribution in [3.05, 3.63) is 156 Å². The molecular weight excluding hydrogens is 988 g/mol. The summed E-state index contributed by atoms with van der Waals surface area (Å²) >= 11 is 2.53. The first-order valence-corrected chi connectivity index (χ1v) is 19.6. The van der Waals surface area contributed by atoms with E-state index in [1.165, 1.54) is 92.3 Å². The number of hydrogen-bond acceptors (Lipinski definition) is 2. The molecular formula is C44H44Cl2Hf2O2-2. The number of fused-ring (bicyclic) bond motifs is 6. The molecule has 2 nitrogen and oxygen atoms in total. The van der Waals surface area contributed by atoms with Gasteiger partial charge in [0.15, 0.2) is 0 Å². The maximum absolute atomic E-state index is 5.39. The van der Waals surface area contributed by atoms with E-state index in [1.807, 2.05) is 48.6 Å². The van der Waals surface area contributed by atoms with Crippen molar-refractivity contribution in [2.24, 2.45) is 0 Å². The first-order valence-electron chi connectivity index (χ1n) is 16.0. The van der Waals surface area contributed by atoms with Crippen LogP contribution < -0.4 is 34.3 Å². The van der Waals surface area contributed by atoms with Gasteiger partial charge in [0, 0.05) is 11.5 Å². The van der Waals surface area contributed by atoms with Crippen LogP contribution in [0.3, 0.4) is 0 Å². The summed E-state index contributed by atoms with van der Waals surface area (Å²) in [6, 6.07) is 31.3. The average Bonchev–Trinajstić information content (AvgIpc) is 3.92. The summed E-state index contributed by atoms with van der Waals surface area (Å²) in [6.07, 6.45) is 21.9. The van der Waals surface area contributed by atoms with E-state index in [9.17, 15) is 0 Å². The molecule has 0 saturated heterocycles. The zero-order valence-corrected chi connectivity index (χ0v) is 38.5. The summed E-state index contributed by atoms with van der Waals surface area (Å²) in [7, 11) is 3.44. The van der Waals surface area contributed by atoms with Gasteiger partial charge in [-0.15, -0.1) is 36.1 Å². The molecule has 0 amide bonds. The molecule has 4 aromatic rings. The number of methoxy groups -OCH3 is 2. The fourth-order valence-corrected chi connectivity index (χ4v) is 5.15. The van der Waals surface area contributed by atoms with Crippen molar-refractivity contribution in [2.75, 3.05) is 14.2 Å². The van der Waals surface area contributed by atoms with Gasteiger partial charge in [-0.3, -0.25) is 12.2 Å². The third-order valence-corrected chi connectivity index (χ3v) is 7.00. The minimum atomic E-state index is 0. The van der Waals surface area contributed by atoms with Crippen LogP contribution in [0.1, 0.15) is 62.8 Å². The van der Waals surface area contributed by atoms with Crippen molar-refractivity contribution in [1.82, 2.24) is 0 Å². The fourth-order valence-electron chi connectivity index (χ4n) is 5.15. The number of ether oxygens (including phenoxy) is 2. The van der Waals surface area contributed by atoms with E-state index in [4.69, 9.17) is 9.47 Å². The molecule has 4 aliphatic carbocycles. The number of rotatable bonds is 2. The Morgan fingerprint density at radius 3 is 1.22 bits per heavy atom. The van der Waals surface area contributed by atoms with Crippen LogP contribution in [0.4, 0.5) is 0 Å². The Kier molecular flexibility index (Phi) is 23.2. The molecule has 0 saturated carbocycles. The SMILES string of the molecule is COc1cc[c-]c2c1-c1ccccc1C2.COc1cc[c-]c2c1-c1ccccc1C2.C[C](C)=[Hf+2].C[C](C)=[Hf+2].[C-]1=CC=CC1.[C-]1=CC=CC1.[Cl-].[Cl-]. The average molecular weight is 1030 g/mol. The quantitative estimate of drug-likeness (QED) is 0.191. The molecule has 0 fully saturated rings. The molecule has 4 aromatic carbocycles. The van der Waals surface area contributed by atoms with Crippen molar-refractivity contribution in [3.8, 4) is 33.8 Å². The van der Waals surface area contributed by atoms with Crippen LogP contribution >= 0.6 is 0 Å².